The highest BCUT2D eigenvalue weighted by Crippen LogP contribution is 2.25. The molecule has 0 atom stereocenters. The highest BCUT2D eigenvalue weighted by atomic mass is 32.2. The molecule has 0 saturated heterocycles. The first-order valence-corrected chi connectivity index (χ1v) is 12.8. The number of benzene rings is 3. The quantitative estimate of drug-likeness (QED) is 0.426. The number of para-hydroxylation sites is 1. The Balaban J connectivity index is 1.69. The van der Waals surface area contributed by atoms with E-state index in [9.17, 15) is 18.0 Å². The van der Waals surface area contributed by atoms with Crippen LogP contribution in [0.25, 0.3) is 5.69 Å². The van der Waals surface area contributed by atoms with Crippen molar-refractivity contribution in [2.24, 2.45) is 7.05 Å². The van der Waals surface area contributed by atoms with Crippen molar-refractivity contribution < 1.29 is 13.2 Å². The lowest BCUT2D eigenvalue weighted by Gasteiger charge is -2.18. The molecule has 1 amide bonds. The van der Waals surface area contributed by atoms with Gasteiger partial charge in [0.2, 0.25) is 0 Å². The second-order valence-corrected chi connectivity index (χ2v) is 10.7. The number of anilines is 2. The van der Waals surface area contributed by atoms with Crippen LogP contribution in [0.4, 0.5) is 11.4 Å². The van der Waals surface area contributed by atoms with Gasteiger partial charge < -0.3 is 5.32 Å². The molecule has 1 heterocycles. The zero-order chi connectivity index (χ0) is 26.2. The number of hydrogen-bond donors (Lipinski definition) is 1. The minimum atomic E-state index is -4.14. The number of sulfonamides is 1. The van der Waals surface area contributed by atoms with Crippen LogP contribution in [0.5, 0.6) is 0 Å². The molecule has 0 bridgehead atoms. The molecule has 1 N–H and O–H groups in total. The van der Waals surface area contributed by atoms with Crippen LogP contribution in [0.15, 0.2) is 82.5 Å². The molecule has 0 fully saturated rings. The van der Waals surface area contributed by atoms with Gasteiger partial charge >= 0.3 is 0 Å². The smallest absolute Gasteiger partial charge is 0.296 e. The third-order valence-corrected chi connectivity index (χ3v) is 7.98. The van der Waals surface area contributed by atoms with Crippen molar-refractivity contribution in [2.45, 2.75) is 25.7 Å². The van der Waals surface area contributed by atoms with Crippen molar-refractivity contribution in [3.63, 3.8) is 0 Å². The molecule has 36 heavy (non-hydrogen) atoms. The molecule has 3 aromatic carbocycles. The molecule has 9 heteroatoms. The van der Waals surface area contributed by atoms with Gasteiger partial charge in [-0.3, -0.25) is 18.6 Å². The first kappa shape index (κ1) is 25.0. The van der Waals surface area contributed by atoms with Crippen LogP contribution in [0.2, 0.25) is 0 Å². The summed E-state index contributed by atoms with van der Waals surface area (Å²) >= 11 is 0. The van der Waals surface area contributed by atoms with Gasteiger partial charge in [-0.1, -0.05) is 42.0 Å². The Morgan fingerprint density at radius 1 is 0.917 bits per heavy atom. The summed E-state index contributed by atoms with van der Waals surface area (Å²) in [6.07, 6.45) is 0. The third-order valence-electron chi connectivity index (χ3n) is 6.22. The Labute approximate surface area is 210 Å². The summed E-state index contributed by atoms with van der Waals surface area (Å²) in [4.78, 5) is 26.2. The molecule has 0 saturated carbocycles. The molecule has 1 aromatic heterocycles. The van der Waals surface area contributed by atoms with Crippen LogP contribution in [-0.2, 0) is 17.1 Å². The molecule has 8 nitrogen and oxygen atoms in total. The van der Waals surface area contributed by atoms with Crippen molar-refractivity contribution >= 4 is 27.3 Å². The summed E-state index contributed by atoms with van der Waals surface area (Å²) in [7, 11) is -1.09. The SMILES string of the molecule is Cc1ccc(NC(=O)c2cccc(S(=O)(=O)N(C)c3c(C)n(C)n(-c4ccccc4)c3=O)c2)c(C)c1. The standard InChI is InChI=1S/C27H28N4O4S/c1-18-14-15-24(19(2)16-18)28-26(32)21-10-9-13-23(17-21)36(34,35)30(5)25-20(3)29(4)31(27(25)33)22-11-7-6-8-12-22/h6-17H,1-5H3,(H,28,32). The van der Waals surface area contributed by atoms with E-state index < -0.39 is 21.5 Å². The number of carbonyl (C=O) groups excluding carboxylic acids is 1. The van der Waals surface area contributed by atoms with E-state index in [2.05, 4.69) is 5.32 Å². The Morgan fingerprint density at radius 2 is 1.61 bits per heavy atom. The predicted molar refractivity (Wildman–Crippen MR) is 142 cm³/mol. The fraction of sp³-hybridized carbons (Fsp3) is 0.185. The maximum absolute atomic E-state index is 13.6. The number of rotatable bonds is 6. The normalized spacial score (nSPS) is 11.4. The van der Waals surface area contributed by atoms with E-state index in [0.29, 0.717) is 17.1 Å². The van der Waals surface area contributed by atoms with Crippen molar-refractivity contribution in [2.75, 3.05) is 16.7 Å². The second kappa shape index (κ2) is 9.50. The number of nitrogens with zero attached hydrogens (tertiary/aromatic N) is 3. The summed E-state index contributed by atoms with van der Waals surface area (Å²) in [6.45, 7) is 5.55. The van der Waals surface area contributed by atoms with Crippen LogP contribution >= 0.6 is 0 Å². The summed E-state index contributed by atoms with van der Waals surface area (Å²) in [6, 6.07) is 20.4. The topological polar surface area (TPSA) is 93.4 Å². The number of aromatic nitrogens is 2. The van der Waals surface area contributed by atoms with Crippen molar-refractivity contribution in [1.29, 1.82) is 0 Å². The van der Waals surface area contributed by atoms with Gasteiger partial charge in [0.05, 0.1) is 16.3 Å². The Hall–Kier alpha value is -4.11. The fourth-order valence-electron chi connectivity index (χ4n) is 4.14. The fourth-order valence-corrected chi connectivity index (χ4v) is 5.43. The molecule has 0 radical (unpaired) electrons. The van der Waals surface area contributed by atoms with E-state index in [0.717, 1.165) is 15.4 Å². The number of nitrogens with one attached hydrogen (secondary N) is 1. The third kappa shape index (κ3) is 4.45. The van der Waals surface area contributed by atoms with Crippen molar-refractivity contribution in [1.82, 2.24) is 9.36 Å². The zero-order valence-corrected chi connectivity index (χ0v) is 21.6. The summed E-state index contributed by atoms with van der Waals surface area (Å²) in [5.41, 5.74) is 3.50. The monoisotopic (exact) mass is 504 g/mol. The predicted octanol–water partition coefficient (Wildman–Crippen LogP) is 4.18. The number of hydrogen-bond acceptors (Lipinski definition) is 4. The molecule has 0 spiro atoms. The lowest BCUT2D eigenvalue weighted by Crippen LogP contribution is -2.32. The molecular formula is C27H28N4O4S. The van der Waals surface area contributed by atoms with Crippen LogP contribution < -0.4 is 15.2 Å². The van der Waals surface area contributed by atoms with Gasteiger partial charge in [0.25, 0.3) is 21.5 Å². The van der Waals surface area contributed by atoms with E-state index in [4.69, 9.17) is 0 Å². The van der Waals surface area contributed by atoms with Gasteiger partial charge in [0, 0.05) is 25.3 Å². The van der Waals surface area contributed by atoms with Crippen molar-refractivity contribution in [3.8, 4) is 5.69 Å². The summed E-state index contributed by atoms with van der Waals surface area (Å²) in [5.74, 6) is -0.427. The van der Waals surface area contributed by atoms with Gasteiger partial charge in [-0.25, -0.2) is 13.1 Å². The minimum absolute atomic E-state index is 0.0338. The second-order valence-electron chi connectivity index (χ2n) is 8.68. The Bertz CT molecular complexity index is 1620. The zero-order valence-electron chi connectivity index (χ0n) is 20.8. The van der Waals surface area contributed by atoms with Gasteiger partial charge in [-0.05, 0) is 62.7 Å². The first-order chi connectivity index (χ1) is 17.0. The van der Waals surface area contributed by atoms with E-state index in [-0.39, 0.29) is 16.1 Å². The first-order valence-electron chi connectivity index (χ1n) is 11.3. The number of carbonyl (C=O) groups is 1. The number of amides is 1. The highest BCUT2D eigenvalue weighted by molar-refractivity contribution is 7.92. The van der Waals surface area contributed by atoms with E-state index in [1.54, 1.807) is 49.0 Å². The molecule has 4 rings (SSSR count). The molecule has 186 valence electrons. The number of aryl methyl sites for hydroxylation is 2. The molecule has 0 unspecified atom stereocenters. The van der Waals surface area contributed by atoms with Gasteiger partial charge in [-0.2, -0.15) is 0 Å². The van der Waals surface area contributed by atoms with Crippen molar-refractivity contribution in [3.05, 3.63) is 106 Å². The van der Waals surface area contributed by atoms with Crippen LogP contribution in [-0.4, -0.2) is 30.7 Å². The molecule has 0 aliphatic rings. The largest absolute Gasteiger partial charge is 0.322 e. The maximum Gasteiger partial charge on any atom is 0.296 e. The molecular weight excluding hydrogens is 476 g/mol. The van der Waals surface area contributed by atoms with Gasteiger partial charge in [0.1, 0.15) is 5.69 Å². The van der Waals surface area contributed by atoms with E-state index in [1.165, 1.54) is 29.9 Å². The Morgan fingerprint density at radius 3 is 2.28 bits per heavy atom. The molecule has 4 aromatic rings. The van der Waals surface area contributed by atoms with E-state index >= 15 is 0 Å². The molecule has 0 aliphatic heterocycles. The summed E-state index contributed by atoms with van der Waals surface area (Å²) in [5, 5.41) is 2.84. The molecule has 0 aliphatic carbocycles. The van der Waals surface area contributed by atoms with Gasteiger partial charge in [0.15, 0.2) is 0 Å². The Kier molecular flexibility index (Phi) is 6.60. The lowest BCUT2D eigenvalue weighted by atomic mass is 10.1. The van der Waals surface area contributed by atoms with Crippen LogP contribution in [0.1, 0.15) is 27.2 Å². The van der Waals surface area contributed by atoms with Gasteiger partial charge in [-0.15, -0.1) is 0 Å². The summed E-state index contributed by atoms with van der Waals surface area (Å²) < 4.78 is 31.1. The average molecular weight is 505 g/mol. The van der Waals surface area contributed by atoms with Crippen LogP contribution in [0, 0.1) is 20.8 Å². The highest BCUT2D eigenvalue weighted by Gasteiger charge is 2.29. The lowest BCUT2D eigenvalue weighted by molar-refractivity contribution is 0.102. The average Bonchev–Trinajstić information content (AvgIpc) is 3.08. The van der Waals surface area contributed by atoms with E-state index in [1.807, 2.05) is 38.1 Å². The maximum atomic E-state index is 13.6. The minimum Gasteiger partial charge on any atom is -0.322 e. The van der Waals surface area contributed by atoms with Crippen LogP contribution in [0.3, 0.4) is 0 Å².